The smallest absolute Gasteiger partial charge is 0.138 e. The lowest BCUT2D eigenvalue weighted by atomic mass is 9.72. The third-order valence-electron chi connectivity index (χ3n) is 5.53. The summed E-state index contributed by atoms with van der Waals surface area (Å²) in [5, 5.41) is 9.42. The molecule has 4 unspecified atom stereocenters. The number of ether oxygens (including phenoxy) is 1. The largest absolute Gasteiger partial charge is 0.497 e. The molecular weight excluding hydrogens is 324 g/mol. The highest BCUT2D eigenvalue weighted by atomic mass is 16.5. The van der Waals surface area contributed by atoms with Crippen LogP contribution in [0.4, 0.5) is 0 Å². The molecule has 3 rings (SSSR count). The quantitative estimate of drug-likeness (QED) is 0.845. The molecule has 0 fully saturated rings. The molecule has 4 atom stereocenters. The Morgan fingerprint density at radius 3 is 2.85 bits per heavy atom. The number of fused-ring (bicyclic) bond motifs is 1. The number of nitriles is 1. The lowest BCUT2D eigenvalue weighted by Gasteiger charge is -2.46. The van der Waals surface area contributed by atoms with Gasteiger partial charge in [0, 0.05) is 18.7 Å². The maximum atomic E-state index is 9.42. The molecule has 0 saturated heterocycles. The first-order valence-electron chi connectivity index (χ1n) is 9.02. The fraction of sp³-hybridized carbons (Fsp3) is 0.429. The minimum absolute atomic E-state index is 0.0196. The van der Waals surface area contributed by atoms with E-state index in [0.717, 1.165) is 17.2 Å². The van der Waals surface area contributed by atoms with Crippen LogP contribution in [0.5, 0.6) is 0 Å². The zero-order valence-corrected chi connectivity index (χ0v) is 15.8. The van der Waals surface area contributed by atoms with Gasteiger partial charge in [0.05, 0.1) is 29.8 Å². The lowest BCUT2D eigenvalue weighted by molar-refractivity contribution is 0.179. The van der Waals surface area contributed by atoms with Crippen molar-refractivity contribution in [3.05, 3.63) is 59.7 Å². The van der Waals surface area contributed by atoms with Crippen molar-refractivity contribution in [2.45, 2.75) is 32.9 Å². The number of hydrogen-bond acceptors (Lipinski definition) is 5. The average Bonchev–Trinajstić information content (AvgIpc) is 2.64. The maximum Gasteiger partial charge on any atom is 0.138 e. The van der Waals surface area contributed by atoms with Gasteiger partial charge in [-0.3, -0.25) is 0 Å². The van der Waals surface area contributed by atoms with Crippen molar-refractivity contribution >= 4 is 5.71 Å². The van der Waals surface area contributed by atoms with Gasteiger partial charge in [-0.2, -0.15) is 5.26 Å². The Morgan fingerprint density at radius 1 is 1.38 bits per heavy atom. The summed E-state index contributed by atoms with van der Waals surface area (Å²) in [6.07, 6.45) is 14.2. The minimum Gasteiger partial charge on any atom is -0.497 e. The molecule has 0 aromatic carbocycles. The standard InChI is InChI=1S/C21H26N4O/c1-5-26-17-10-9-16(14(2)20(17)23)25(4)19-12-15(13-22)24-18-8-6-7-11-21(18,19)3/h6-12,14,19-20H,5,23H2,1-4H3. The van der Waals surface area contributed by atoms with E-state index >= 15 is 0 Å². The van der Waals surface area contributed by atoms with Crippen molar-refractivity contribution < 1.29 is 4.74 Å². The van der Waals surface area contributed by atoms with E-state index in [-0.39, 0.29) is 23.4 Å². The summed E-state index contributed by atoms with van der Waals surface area (Å²) in [6, 6.07) is 2.00. The Kier molecular flexibility index (Phi) is 4.88. The highest BCUT2D eigenvalue weighted by Crippen LogP contribution is 2.40. The van der Waals surface area contributed by atoms with Crippen LogP contribution in [-0.4, -0.2) is 36.3 Å². The van der Waals surface area contributed by atoms with Gasteiger partial charge >= 0.3 is 0 Å². The first kappa shape index (κ1) is 18.2. The molecule has 0 spiro atoms. The summed E-state index contributed by atoms with van der Waals surface area (Å²) in [5.41, 5.74) is 8.61. The summed E-state index contributed by atoms with van der Waals surface area (Å²) in [4.78, 5) is 6.74. The van der Waals surface area contributed by atoms with Crippen molar-refractivity contribution in [2.24, 2.45) is 22.1 Å². The number of nitrogens with two attached hydrogens (primary N) is 1. The van der Waals surface area contributed by atoms with Crippen LogP contribution >= 0.6 is 0 Å². The molecule has 5 heteroatoms. The SMILES string of the molecule is CCOC1=CC=C(N(C)C2C=C(C#N)N=C3C=CC=CC32C)C(C)C1N. The fourth-order valence-electron chi connectivity index (χ4n) is 3.91. The molecule has 0 amide bonds. The van der Waals surface area contributed by atoms with Crippen molar-refractivity contribution in [3.8, 4) is 6.07 Å². The normalized spacial score (nSPS) is 32.5. The molecule has 1 heterocycles. The Balaban J connectivity index is 1.99. The minimum atomic E-state index is -0.293. The number of allylic oxidation sites excluding steroid dienone is 6. The highest BCUT2D eigenvalue weighted by Gasteiger charge is 2.42. The number of aliphatic imine (C=N–C) groups is 1. The summed E-state index contributed by atoms with van der Waals surface area (Å²) in [6.45, 7) is 6.85. The lowest BCUT2D eigenvalue weighted by Crippen LogP contribution is -2.50. The zero-order chi connectivity index (χ0) is 18.9. The van der Waals surface area contributed by atoms with Crippen LogP contribution in [0.25, 0.3) is 0 Å². The van der Waals surface area contributed by atoms with E-state index in [2.05, 4.69) is 49.0 Å². The second kappa shape index (κ2) is 6.97. The summed E-state index contributed by atoms with van der Waals surface area (Å²) < 4.78 is 5.66. The molecular formula is C21H26N4O. The average molecular weight is 350 g/mol. The van der Waals surface area contributed by atoms with Gasteiger partial charge in [0.25, 0.3) is 0 Å². The molecule has 1 aliphatic heterocycles. The molecule has 0 aromatic rings. The van der Waals surface area contributed by atoms with Crippen LogP contribution in [-0.2, 0) is 4.74 Å². The van der Waals surface area contributed by atoms with Gasteiger partial charge in [-0.15, -0.1) is 0 Å². The highest BCUT2D eigenvalue weighted by molar-refractivity contribution is 6.04. The van der Waals surface area contributed by atoms with Gasteiger partial charge in [0.15, 0.2) is 0 Å². The number of hydrogen-bond donors (Lipinski definition) is 1. The Bertz CT molecular complexity index is 808. The topological polar surface area (TPSA) is 74.6 Å². The van der Waals surface area contributed by atoms with Crippen LogP contribution < -0.4 is 5.73 Å². The van der Waals surface area contributed by atoms with Crippen LogP contribution in [0.15, 0.2) is 64.7 Å². The van der Waals surface area contributed by atoms with E-state index in [0.29, 0.717) is 12.3 Å². The molecule has 3 aliphatic rings. The van der Waals surface area contributed by atoms with Crippen molar-refractivity contribution in [2.75, 3.05) is 13.7 Å². The first-order chi connectivity index (χ1) is 12.4. The molecule has 0 bridgehead atoms. The third-order valence-corrected chi connectivity index (χ3v) is 5.53. The predicted octanol–water partition coefficient (Wildman–Crippen LogP) is 3.06. The zero-order valence-electron chi connectivity index (χ0n) is 15.8. The number of nitrogens with zero attached hydrogens (tertiary/aromatic N) is 3. The van der Waals surface area contributed by atoms with E-state index in [1.165, 1.54) is 0 Å². The monoisotopic (exact) mass is 350 g/mol. The molecule has 26 heavy (non-hydrogen) atoms. The van der Waals surface area contributed by atoms with Gasteiger partial charge in [0.2, 0.25) is 0 Å². The van der Waals surface area contributed by atoms with Crippen LogP contribution in [0.3, 0.4) is 0 Å². The van der Waals surface area contributed by atoms with E-state index in [1.807, 2.05) is 37.3 Å². The van der Waals surface area contributed by atoms with Crippen LogP contribution in [0.2, 0.25) is 0 Å². The van der Waals surface area contributed by atoms with Gasteiger partial charge in [-0.1, -0.05) is 25.2 Å². The summed E-state index contributed by atoms with van der Waals surface area (Å²) in [7, 11) is 2.06. The maximum absolute atomic E-state index is 9.42. The third kappa shape index (κ3) is 2.91. The predicted molar refractivity (Wildman–Crippen MR) is 104 cm³/mol. The van der Waals surface area contributed by atoms with E-state index < -0.39 is 0 Å². The van der Waals surface area contributed by atoms with Gasteiger partial charge in [0.1, 0.15) is 17.5 Å². The number of likely N-dealkylation sites (N-methyl/N-ethyl adjacent to an activating group) is 1. The van der Waals surface area contributed by atoms with Crippen molar-refractivity contribution in [1.82, 2.24) is 4.90 Å². The first-order valence-corrected chi connectivity index (χ1v) is 9.02. The van der Waals surface area contributed by atoms with E-state index in [4.69, 9.17) is 10.5 Å². The Hall–Kier alpha value is -2.58. The van der Waals surface area contributed by atoms with Gasteiger partial charge in [-0.25, -0.2) is 4.99 Å². The molecule has 0 radical (unpaired) electrons. The molecule has 2 N–H and O–H groups in total. The van der Waals surface area contributed by atoms with E-state index in [1.54, 1.807) is 0 Å². The van der Waals surface area contributed by atoms with Crippen molar-refractivity contribution in [1.29, 1.82) is 5.26 Å². The number of rotatable bonds is 4. The fourth-order valence-corrected chi connectivity index (χ4v) is 3.91. The van der Waals surface area contributed by atoms with E-state index in [9.17, 15) is 5.26 Å². The van der Waals surface area contributed by atoms with Crippen LogP contribution in [0, 0.1) is 22.7 Å². The van der Waals surface area contributed by atoms with Gasteiger partial charge in [-0.05, 0) is 38.2 Å². The summed E-state index contributed by atoms with van der Waals surface area (Å²) >= 11 is 0. The molecule has 0 aromatic heterocycles. The second-order valence-corrected chi connectivity index (χ2v) is 7.13. The Labute approximate surface area is 155 Å². The molecule has 136 valence electrons. The Morgan fingerprint density at radius 2 is 2.15 bits per heavy atom. The molecule has 0 saturated carbocycles. The summed E-state index contributed by atoms with van der Waals surface area (Å²) in [5.74, 6) is 0.933. The van der Waals surface area contributed by atoms with Gasteiger partial charge < -0.3 is 15.4 Å². The molecule has 5 nitrogen and oxygen atoms in total. The second-order valence-electron chi connectivity index (χ2n) is 7.13. The van der Waals surface area contributed by atoms with Crippen molar-refractivity contribution in [3.63, 3.8) is 0 Å². The molecule has 2 aliphatic carbocycles. The van der Waals surface area contributed by atoms with Crippen LogP contribution in [0.1, 0.15) is 20.8 Å².